The predicted molar refractivity (Wildman–Crippen MR) is 73.7 cm³/mol. The van der Waals surface area contributed by atoms with E-state index in [1.54, 1.807) is 18.1 Å². The number of hydrogen-bond acceptors (Lipinski definition) is 6. The van der Waals surface area contributed by atoms with Crippen molar-refractivity contribution in [1.82, 2.24) is 9.97 Å². The largest absolute Gasteiger partial charge is 0.454 e. The number of aromatic nitrogens is 2. The number of anilines is 1. The van der Waals surface area contributed by atoms with Gasteiger partial charge in [-0.3, -0.25) is 0 Å². The Balaban J connectivity index is 1.68. The molecule has 6 heteroatoms. The van der Waals surface area contributed by atoms with Crippen LogP contribution in [0.3, 0.4) is 0 Å². The Labute approximate surface area is 115 Å². The summed E-state index contributed by atoms with van der Waals surface area (Å²) in [5.41, 5.74) is 1.12. The van der Waals surface area contributed by atoms with Gasteiger partial charge in [0.2, 0.25) is 6.79 Å². The SMILES string of the molecule is CSc1cc(NCc2ccc3c(c2)OCO3)ncn1. The number of fused-ring (bicyclic) bond motifs is 1. The third-order valence-corrected chi connectivity index (χ3v) is 3.40. The first-order chi connectivity index (χ1) is 9.35. The molecule has 1 aromatic heterocycles. The average Bonchev–Trinajstić information content (AvgIpc) is 2.93. The summed E-state index contributed by atoms with van der Waals surface area (Å²) in [4.78, 5) is 8.32. The Morgan fingerprint density at radius 3 is 3.00 bits per heavy atom. The van der Waals surface area contributed by atoms with Crippen LogP contribution >= 0.6 is 11.8 Å². The Bertz CT molecular complexity index is 592. The zero-order valence-corrected chi connectivity index (χ0v) is 11.2. The number of nitrogens with one attached hydrogen (secondary N) is 1. The van der Waals surface area contributed by atoms with Crippen molar-refractivity contribution in [2.45, 2.75) is 11.6 Å². The van der Waals surface area contributed by atoms with Crippen LogP contribution in [0.4, 0.5) is 5.82 Å². The lowest BCUT2D eigenvalue weighted by Crippen LogP contribution is -2.01. The maximum atomic E-state index is 5.35. The quantitative estimate of drug-likeness (QED) is 0.683. The molecule has 0 saturated carbocycles. The third-order valence-electron chi connectivity index (χ3n) is 2.76. The molecule has 0 spiro atoms. The molecular weight excluding hydrogens is 262 g/mol. The van der Waals surface area contributed by atoms with Crippen molar-refractivity contribution in [3.8, 4) is 11.5 Å². The second-order valence-corrected chi connectivity index (χ2v) is 4.81. The van der Waals surface area contributed by atoms with E-state index in [1.165, 1.54) is 0 Å². The van der Waals surface area contributed by atoms with E-state index in [-0.39, 0.29) is 0 Å². The van der Waals surface area contributed by atoms with Crippen LogP contribution in [0.5, 0.6) is 11.5 Å². The number of hydrogen-bond donors (Lipinski definition) is 1. The summed E-state index contributed by atoms with van der Waals surface area (Å²) in [6, 6.07) is 7.84. The van der Waals surface area contributed by atoms with Crippen LogP contribution in [0.1, 0.15) is 5.56 Å². The number of nitrogens with zero attached hydrogens (tertiary/aromatic N) is 2. The summed E-state index contributed by atoms with van der Waals surface area (Å²) in [5.74, 6) is 2.42. The van der Waals surface area contributed by atoms with E-state index in [9.17, 15) is 0 Å². The van der Waals surface area contributed by atoms with Crippen molar-refractivity contribution in [3.63, 3.8) is 0 Å². The normalized spacial score (nSPS) is 12.5. The van der Waals surface area contributed by atoms with E-state index in [1.807, 2.05) is 30.5 Å². The van der Waals surface area contributed by atoms with Gasteiger partial charge in [-0.25, -0.2) is 9.97 Å². The molecular formula is C13H13N3O2S. The van der Waals surface area contributed by atoms with E-state index in [2.05, 4.69) is 15.3 Å². The maximum absolute atomic E-state index is 5.35. The van der Waals surface area contributed by atoms with Crippen molar-refractivity contribution in [2.75, 3.05) is 18.4 Å². The molecule has 3 rings (SSSR count). The molecule has 0 unspecified atom stereocenters. The van der Waals surface area contributed by atoms with Gasteiger partial charge in [-0.1, -0.05) is 6.07 Å². The topological polar surface area (TPSA) is 56.3 Å². The lowest BCUT2D eigenvalue weighted by molar-refractivity contribution is 0.174. The van der Waals surface area contributed by atoms with Gasteiger partial charge >= 0.3 is 0 Å². The Kier molecular flexibility index (Phi) is 3.41. The summed E-state index contributed by atoms with van der Waals surface area (Å²) in [6.45, 7) is 0.983. The molecule has 1 aliphatic heterocycles. The fourth-order valence-electron chi connectivity index (χ4n) is 1.79. The molecule has 19 heavy (non-hydrogen) atoms. The fourth-order valence-corrected chi connectivity index (χ4v) is 2.17. The molecule has 0 bridgehead atoms. The standard InChI is InChI=1S/C13H13N3O2S/c1-19-13-5-12(15-7-16-13)14-6-9-2-3-10-11(4-9)18-8-17-10/h2-5,7H,6,8H2,1H3,(H,14,15,16). The molecule has 1 aromatic carbocycles. The zero-order valence-electron chi connectivity index (χ0n) is 10.4. The second-order valence-electron chi connectivity index (χ2n) is 3.99. The number of ether oxygens (including phenoxy) is 2. The molecule has 2 heterocycles. The highest BCUT2D eigenvalue weighted by Crippen LogP contribution is 2.32. The predicted octanol–water partition coefficient (Wildman–Crippen LogP) is 2.54. The van der Waals surface area contributed by atoms with Crippen molar-refractivity contribution in [2.24, 2.45) is 0 Å². The van der Waals surface area contributed by atoms with Gasteiger partial charge in [-0.05, 0) is 24.0 Å². The van der Waals surface area contributed by atoms with Gasteiger partial charge in [0, 0.05) is 12.6 Å². The molecule has 0 fully saturated rings. The van der Waals surface area contributed by atoms with Crippen LogP contribution in [0, 0.1) is 0 Å². The van der Waals surface area contributed by atoms with Crippen LogP contribution in [0.15, 0.2) is 35.6 Å². The molecule has 0 saturated heterocycles. The molecule has 0 aliphatic carbocycles. The molecule has 0 radical (unpaired) electrons. The third kappa shape index (κ3) is 2.73. The highest BCUT2D eigenvalue weighted by Gasteiger charge is 2.12. The smallest absolute Gasteiger partial charge is 0.231 e. The Morgan fingerprint density at radius 2 is 2.11 bits per heavy atom. The minimum atomic E-state index is 0.301. The lowest BCUT2D eigenvalue weighted by atomic mass is 10.2. The summed E-state index contributed by atoms with van der Waals surface area (Å²) in [6.07, 6.45) is 3.55. The zero-order chi connectivity index (χ0) is 13.1. The summed E-state index contributed by atoms with van der Waals surface area (Å²) < 4.78 is 10.6. The molecule has 0 amide bonds. The fraction of sp³-hybridized carbons (Fsp3) is 0.231. The summed E-state index contributed by atoms with van der Waals surface area (Å²) in [5, 5.41) is 4.21. The van der Waals surface area contributed by atoms with Crippen molar-refractivity contribution in [1.29, 1.82) is 0 Å². The summed E-state index contributed by atoms with van der Waals surface area (Å²) >= 11 is 1.59. The molecule has 2 aromatic rings. The minimum absolute atomic E-state index is 0.301. The van der Waals surface area contributed by atoms with Crippen LogP contribution in [-0.2, 0) is 6.54 Å². The molecule has 98 valence electrons. The van der Waals surface area contributed by atoms with E-state index in [0.29, 0.717) is 13.3 Å². The maximum Gasteiger partial charge on any atom is 0.231 e. The van der Waals surface area contributed by atoms with Crippen molar-refractivity contribution < 1.29 is 9.47 Å². The summed E-state index contributed by atoms with van der Waals surface area (Å²) in [7, 11) is 0. The van der Waals surface area contributed by atoms with Crippen LogP contribution in [-0.4, -0.2) is 23.0 Å². The lowest BCUT2D eigenvalue weighted by Gasteiger charge is -2.07. The van der Waals surface area contributed by atoms with Gasteiger partial charge in [-0.2, -0.15) is 0 Å². The highest BCUT2D eigenvalue weighted by atomic mass is 32.2. The number of benzene rings is 1. The monoisotopic (exact) mass is 275 g/mol. The highest BCUT2D eigenvalue weighted by molar-refractivity contribution is 7.98. The van der Waals surface area contributed by atoms with Gasteiger partial charge in [0.1, 0.15) is 17.2 Å². The van der Waals surface area contributed by atoms with E-state index >= 15 is 0 Å². The first kappa shape index (κ1) is 12.1. The van der Waals surface area contributed by atoms with Crippen LogP contribution in [0.25, 0.3) is 0 Å². The van der Waals surface area contributed by atoms with E-state index in [4.69, 9.17) is 9.47 Å². The van der Waals surface area contributed by atoms with Crippen molar-refractivity contribution >= 4 is 17.6 Å². The minimum Gasteiger partial charge on any atom is -0.454 e. The van der Waals surface area contributed by atoms with Gasteiger partial charge in [-0.15, -0.1) is 11.8 Å². The van der Waals surface area contributed by atoms with Gasteiger partial charge in [0.05, 0.1) is 0 Å². The average molecular weight is 275 g/mol. The Hall–Kier alpha value is -1.95. The number of rotatable bonds is 4. The van der Waals surface area contributed by atoms with Gasteiger partial charge < -0.3 is 14.8 Å². The Morgan fingerprint density at radius 1 is 1.21 bits per heavy atom. The van der Waals surface area contributed by atoms with Crippen LogP contribution in [0.2, 0.25) is 0 Å². The number of thioether (sulfide) groups is 1. The first-order valence-corrected chi connectivity index (χ1v) is 7.06. The second kappa shape index (κ2) is 5.36. The van der Waals surface area contributed by atoms with Crippen molar-refractivity contribution in [3.05, 3.63) is 36.2 Å². The van der Waals surface area contributed by atoms with Crippen LogP contribution < -0.4 is 14.8 Å². The first-order valence-electron chi connectivity index (χ1n) is 5.83. The molecule has 1 N–H and O–H groups in total. The van der Waals surface area contributed by atoms with Gasteiger partial charge in [0.25, 0.3) is 0 Å². The van der Waals surface area contributed by atoms with E-state index < -0.39 is 0 Å². The van der Waals surface area contributed by atoms with Gasteiger partial charge in [0.15, 0.2) is 11.5 Å². The molecule has 0 atom stereocenters. The molecule has 1 aliphatic rings. The van der Waals surface area contributed by atoms with E-state index in [0.717, 1.165) is 27.9 Å². The molecule has 5 nitrogen and oxygen atoms in total.